The predicted molar refractivity (Wildman–Crippen MR) is 77.3 cm³/mol. The van der Waals surface area contributed by atoms with Gasteiger partial charge in [-0.05, 0) is 20.3 Å². The second-order valence-corrected chi connectivity index (χ2v) is 4.25. The third-order valence-electron chi connectivity index (χ3n) is 2.64. The Morgan fingerprint density at radius 1 is 1.16 bits per heavy atom. The molecule has 0 aliphatic rings. The zero-order chi connectivity index (χ0) is 14.1. The molecule has 1 heterocycles. The topological polar surface area (TPSA) is 78.9 Å². The maximum Gasteiger partial charge on any atom is 0.221 e. The van der Waals surface area contributed by atoms with E-state index in [4.69, 9.17) is 0 Å². The summed E-state index contributed by atoms with van der Waals surface area (Å²) >= 11 is 0. The SMILES string of the molecule is CCCNc1ncnc(NCCC(=O)NCC)c1C. The fourth-order valence-corrected chi connectivity index (χ4v) is 1.63. The highest BCUT2D eigenvalue weighted by Crippen LogP contribution is 2.17. The number of nitrogens with one attached hydrogen (secondary N) is 3. The Morgan fingerprint density at radius 2 is 1.79 bits per heavy atom. The minimum Gasteiger partial charge on any atom is -0.370 e. The molecule has 3 N–H and O–H groups in total. The van der Waals surface area contributed by atoms with E-state index in [1.165, 1.54) is 6.33 Å². The van der Waals surface area contributed by atoms with Crippen LogP contribution in [0, 0.1) is 6.92 Å². The zero-order valence-corrected chi connectivity index (χ0v) is 11.9. The van der Waals surface area contributed by atoms with Crippen LogP contribution in [0.15, 0.2) is 6.33 Å². The van der Waals surface area contributed by atoms with Gasteiger partial charge in [-0.2, -0.15) is 0 Å². The van der Waals surface area contributed by atoms with Crippen molar-refractivity contribution in [3.8, 4) is 0 Å². The summed E-state index contributed by atoms with van der Waals surface area (Å²) in [5.41, 5.74) is 0.979. The first-order valence-electron chi connectivity index (χ1n) is 6.75. The summed E-state index contributed by atoms with van der Waals surface area (Å²) in [6.45, 7) is 8.09. The number of hydrogen-bond donors (Lipinski definition) is 3. The molecule has 19 heavy (non-hydrogen) atoms. The van der Waals surface area contributed by atoms with Gasteiger partial charge in [0.05, 0.1) is 0 Å². The van der Waals surface area contributed by atoms with Gasteiger partial charge in [0.25, 0.3) is 0 Å². The lowest BCUT2D eigenvalue weighted by Crippen LogP contribution is -2.25. The third kappa shape index (κ3) is 5.11. The van der Waals surface area contributed by atoms with E-state index in [1.54, 1.807) is 0 Å². The summed E-state index contributed by atoms with van der Waals surface area (Å²) in [5, 5.41) is 9.18. The van der Waals surface area contributed by atoms with Gasteiger partial charge >= 0.3 is 0 Å². The van der Waals surface area contributed by atoms with Crippen LogP contribution in [0.2, 0.25) is 0 Å². The number of nitrogens with zero attached hydrogens (tertiary/aromatic N) is 2. The normalized spacial score (nSPS) is 10.1. The fraction of sp³-hybridized carbons (Fsp3) is 0.615. The van der Waals surface area contributed by atoms with Crippen LogP contribution in [0.1, 0.15) is 32.3 Å². The monoisotopic (exact) mass is 265 g/mol. The molecule has 0 saturated carbocycles. The molecule has 1 rings (SSSR count). The Balaban J connectivity index is 2.51. The van der Waals surface area contributed by atoms with Crippen LogP contribution >= 0.6 is 0 Å². The Morgan fingerprint density at radius 3 is 2.37 bits per heavy atom. The number of carbonyl (C=O) groups is 1. The molecule has 0 unspecified atom stereocenters. The lowest BCUT2D eigenvalue weighted by molar-refractivity contribution is -0.120. The van der Waals surface area contributed by atoms with Crippen molar-refractivity contribution in [1.29, 1.82) is 0 Å². The minimum atomic E-state index is 0.0473. The van der Waals surface area contributed by atoms with Crippen LogP contribution in [-0.4, -0.2) is 35.5 Å². The minimum absolute atomic E-state index is 0.0473. The van der Waals surface area contributed by atoms with Crippen molar-refractivity contribution in [3.63, 3.8) is 0 Å². The van der Waals surface area contributed by atoms with Crippen LogP contribution in [0.5, 0.6) is 0 Å². The highest BCUT2D eigenvalue weighted by atomic mass is 16.1. The van der Waals surface area contributed by atoms with Crippen LogP contribution in [0.25, 0.3) is 0 Å². The fourth-order valence-electron chi connectivity index (χ4n) is 1.63. The van der Waals surface area contributed by atoms with Gasteiger partial charge in [-0.1, -0.05) is 6.92 Å². The van der Waals surface area contributed by atoms with E-state index in [2.05, 4.69) is 32.8 Å². The molecule has 0 fully saturated rings. The molecular formula is C13H23N5O. The number of carbonyl (C=O) groups excluding carboxylic acids is 1. The van der Waals surface area contributed by atoms with Gasteiger partial charge < -0.3 is 16.0 Å². The second kappa shape index (κ2) is 8.29. The van der Waals surface area contributed by atoms with Crippen LogP contribution < -0.4 is 16.0 Å². The number of anilines is 2. The molecule has 6 nitrogen and oxygen atoms in total. The summed E-state index contributed by atoms with van der Waals surface area (Å²) in [7, 11) is 0. The zero-order valence-electron chi connectivity index (χ0n) is 11.9. The standard InChI is InChI=1S/C13H23N5O/c1-4-7-15-12-10(3)13(18-9-17-12)16-8-6-11(19)14-5-2/h9H,4-8H2,1-3H3,(H,14,19)(H2,15,16,17,18). The van der Waals surface area contributed by atoms with E-state index in [0.717, 1.165) is 30.2 Å². The molecule has 0 aliphatic carbocycles. The maximum atomic E-state index is 11.3. The Hall–Kier alpha value is -1.85. The van der Waals surface area contributed by atoms with Crippen LogP contribution in [-0.2, 0) is 4.79 Å². The summed E-state index contributed by atoms with van der Waals surface area (Å²) in [6.07, 6.45) is 3.01. The summed E-state index contributed by atoms with van der Waals surface area (Å²) in [5.74, 6) is 1.67. The first-order chi connectivity index (χ1) is 9.19. The molecular weight excluding hydrogens is 242 g/mol. The molecule has 6 heteroatoms. The summed E-state index contributed by atoms with van der Waals surface area (Å²) in [6, 6.07) is 0. The lowest BCUT2D eigenvalue weighted by Gasteiger charge is -2.12. The first kappa shape index (κ1) is 15.2. The van der Waals surface area contributed by atoms with Crippen molar-refractivity contribution in [1.82, 2.24) is 15.3 Å². The highest BCUT2D eigenvalue weighted by Gasteiger charge is 2.06. The van der Waals surface area contributed by atoms with Crippen LogP contribution in [0.3, 0.4) is 0 Å². The Bertz CT molecular complexity index is 408. The van der Waals surface area contributed by atoms with Crippen molar-refractivity contribution in [2.24, 2.45) is 0 Å². The number of amides is 1. The first-order valence-corrected chi connectivity index (χ1v) is 6.75. The lowest BCUT2D eigenvalue weighted by atomic mass is 10.3. The third-order valence-corrected chi connectivity index (χ3v) is 2.64. The number of hydrogen-bond acceptors (Lipinski definition) is 5. The molecule has 0 aliphatic heterocycles. The van der Waals surface area contributed by atoms with Gasteiger partial charge in [-0.25, -0.2) is 9.97 Å². The molecule has 0 saturated heterocycles. The van der Waals surface area contributed by atoms with Gasteiger partial charge in [0.15, 0.2) is 0 Å². The largest absolute Gasteiger partial charge is 0.370 e. The van der Waals surface area contributed by atoms with E-state index < -0.39 is 0 Å². The van der Waals surface area contributed by atoms with E-state index in [-0.39, 0.29) is 5.91 Å². The molecule has 1 aromatic rings. The molecule has 0 radical (unpaired) electrons. The van der Waals surface area contributed by atoms with E-state index >= 15 is 0 Å². The van der Waals surface area contributed by atoms with Gasteiger partial charge in [-0.3, -0.25) is 4.79 Å². The molecule has 106 valence electrons. The van der Waals surface area contributed by atoms with E-state index in [0.29, 0.717) is 19.5 Å². The predicted octanol–water partition coefficient (Wildman–Crippen LogP) is 1.55. The molecule has 0 atom stereocenters. The molecule has 0 aromatic carbocycles. The van der Waals surface area contributed by atoms with Crippen molar-refractivity contribution in [3.05, 3.63) is 11.9 Å². The number of rotatable bonds is 8. The van der Waals surface area contributed by atoms with E-state index in [1.807, 2.05) is 13.8 Å². The Labute approximate surface area is 114 Å². The molecule has 1 amide bonds. The van der Waals surface area contributed by atoms with Gasteiger partial charge in [0.1, 0.15) is 18.0 Å². The Kier molecular flexibility index (Phi) is 6.63. The van der Waals surface area contributed by atoms with Gasteiger partial charge in [-0.15, -0.1) is 0 Å². The number of aromatic nitrogens is 2. The van der Waals surface area contributed by atoms with Crippen molar-refractivity contribution < 1.29 is 4.79 Å². The van der Waals surface area contributed by atoms with Crippen molar-refractivity contribution in [2.75, 3.05) is 30.3 Å². The second-order valence-electron chi connectivity index (χ2n) is 4.25. The summed E-state index contributed by atoms with van der Waals surface area (Å²) < 4.78 is 0. The van der Waals surface area contributed by atoms with Crippen molar-refractivity contribution >= 4 is 17.5 Å². The molecule has 0 spiro atoms. The summed E-state index contributed by atoms with van der Waals surface area (Å²) in [4.78, 5) is 19.7. The van der Waals surface area contributed by atoms with Gasteiger partial charge in [0, 0.05) is 31.6 Å². The van der Waals surface area contributed by atoms with Crippen LogP contribution in [0.4, 0.5) is 11.6 Å². The van der Waals surface area contributed by atoms with Crippen molar-refractivity contribution in [2.45, 2.75) is 33.6 Å². The molecule has 0 bridgehead atoms. The highest BCUT2D eigenvalue weighted by molar-refractivity contribution is 5.76. The van der Waals surface area contributed by atoms with E-state index in [9.17, 15) is 4.79 Å². The smallest absolute Gasteiger partial charge is 0.221 e. The molecule has 1 aromatic heterocycles. The average Bonchev–Trinajstić information content (AvgIpc) is 2.40. The average molecular weight is 265 g/mol. The maximum absolute atomic E-state index is 11.3. The quantitative estimate of drug-likeness (QED) is 0.664. The van der Waals surface area contributed by atoms with Gasteiger partial charge in [0.2, 0.25) is 5.91 Å².